The molecule has 1 heterocycles. The normalized spacial score (nSPS) is 11.4. The van der Waals surface area contributed by atoms with Crippen LogP contribution in [0.25, 0.3) is 11.3 Å². The molecule has 5 rings (SSSR count). The molecule has 1 aromatic heterocycles. The lowest BCUT2D eigenvalue weighted by Crippen LogP contribution is -2.19. The van der Waals surface area contributed by atoms with Crippen LogP contribution >= 0.6 is 34.7 Å². The molecule has 7 nitrogen and oxygen atoms in total. The van der Waals surface area contributed by atoms with Crippen LogP contribution < -0.4 is 10.6 Å². The lowest BCUT2D eigenvalue weighted by molar-refractivity contribution is -0.115. The summed E-state index contributed by atoms with van der Waals surface area (Å²) in [7, 11) is 0. The van der Waals surface area contributed by atoms with Crippen LogP contribution in [-0.2, 0) is 4.79 Å². The summed E-state index contributed by atoms with van der Waals surface area (Å²) in [5, 5.41) is 17.4. The monoisotopic (exact) mass is 599 g/mol. The molecule has 0 saturated heterocycles. The summed E-state index contributed by atoms with van der Waals surface area (Å²) in [6.45, 7) is 0. The van der Waals surface area contributed by atoms with E-state index in [0.717, 1.165) is 16.0 Å². The van der Waals surface area contributed by atoms with E-state index in [1.807, 2.05) is 53.9 Å². The molecule has 2 amide bonds. The highest BCUT2D eigenvalue weighted by molar-refractivity contribution is 8.00. The number of hydrogen-bond donors (Lipinski definition) is 3. The maximum atomic E-state index is 13.5. The number of anilines is 2. The minimum Gasteiger partial charge on any atom is -0.478 e. The number of amides is 2. The van der Waals surface area contributed by atoms with Crippen molar-refractivity contribution in [3.05, 3.63) is 130 Å². The fourth-order valence-electron chi connectivity index (χ4n) is 4.01. The Labute approximate surface area is 249 Å². The number of nitrogens with zero attached hydrogens (tertiary/aromatic N) is 1. The lowest BCUT2D eigenvalue weighted by atomic mass is 10.1. The molecule has 0 aliphatic heterocycles. The van der Waals surface area contributed by atoms with Gasteiger partial charge in [-0.1, -0.05) is 72.3 Å². The van der Waals surface area contributed by atoms with E-state index in [1.54, 1.807) is 42.5 Å². The summed E-state index contributed by atoms with van der Waals surface area (Å²) < 4.78 is 0. The molecule has 4 aromatic carbocycles. The van der Waals surface area contributed by atoms with Crippen molar-refractivity contribution in [2.24, 2.45) is 0 Å². The first-order valence-electron chi connectivity index (χ1n) is 12.4. The standard InChI is InChI=1S/C31H22ClN3O4S2/c32-25-13-7-6-12-24(25)26-18-40-31(34-26)35-29(37)27(19-8-2-1-3-9-19)41-21-16-14-20(15-17-21)33-28(36)22-10-4-5-11-23(22)30(38)39/h1-18,27H,(H,33,36)(H,38,39)(H,34,35,37). The molecule has 0 bridgehead atoms. The number of carbonyl (C=O) groups excluding carboxylic acids is 2. The second-order valence-corrected chi connectivity index (χ2v) is 11.2. The number of carboxylic acids is 1. The molecular weight excluding hydrogens is 578 g/mol. The number of aromatic carboxylic acids is 1. The Morgan fingerprint density at radius 3 is 2.17 bits per heavy atom. The Balaban J connectivity index is 1.31. The zero-order chi connectivity index (χ0) is 28.8. The van der Waals surface area contributed by atoms with Crippen molar-refractivity contribution in [1.29, 1.82) is 0 Å². The van der Waals surface area contributed by atoms with Crippen LogP contribution in [-0.4, -0.2) is 27.9 Å². The van der Waals surface area contributed by atoms with E-state index in [2.05, 4.69) is 15.6 Å². The second kappa shape index (κ2) is 12.8. The van der Waals surface area contributed by atoms with E-state index in [4.69, 9.17) is 11.6 Å². The van der Waals surface area contributed by atoms with Gasteiger partial charge in [-0.2, -0.15) is 0 Å². The Kier molecular flexibility index (Phi) is 8.79. The highest BCUT2D eigenvalue weighted by atomic mass is 35.5. The number of benzene rings is 4. The highest BCUT2D eigenvalue weighted by Crippen LogP contribution is 2.37. The lowest BCUT2D eigenvalue weighted by Gasteiger charge is -2.16. The van der Waals surface area contributed by atoms with Crippen molar-refractivity contribution in [3.63, 3.8) is 0 Å². The van der Waals surface area contributed by atoms with Crippen LogP contribution in [0.4, 0.5) is 10.8 Å². The van der Waals surface area contributed by atoms with E-state index < -0.39 is 17.1 Å². The number of nitrogens with one attached hydrogen (secondary N) is 2. The number of thioether (sulfide) groups is 1. The Morgan fingerprint density at radius 1 is 0.805 bits per heavy atom. The van der Waals surface area contributed by atoms with Crippen LogP contribution in [0.2, 0.25) is 5.02 Å². The van der Waals surface area contributed by atoms with Crippen molar-refractivity contribution in [3.8, 4) is 11.3 Å². The van der Waals surface area contributed by atoms with Gasteiger partial charge in [0.25, 0.3) is 5.91 Å². The van der Waals surface area contributed by atoms with Crippen molar-refractivity contribution in [2.45, 2.75) is 10.1 Å². The van der Waals surface area contributed by atoms with Gasteiger partial charge in [0.05, 0.1) is 16.8 Å². The molecule has 3 N–H and O–H groups in total. The number of halogens is 1. The van der Waals surface area contributed by atoms with E-state index in [-0.39, 0.29) is 17.0 Å². The van der Waals surface area contributed by atoms with Gasteiger partial charge in [-0.15, -0.1) is 23.1 Å². The molecule has 5 aromatic rings. The van der Waals surface area contributed by atoms with Gasteiger partial charge < -0.3 is 15.7 Å². The van der Waals surface area contributed by atoms with Crippen LogP contribution in [0.5, 0.6) is 0 Å². The third kappa shape index (κ3) is 6.83. The van der Waals surface area contributed by atoms with E-state index in [0.29, 0.717) is 21.5 Å². The van der Waals surface area contributed by atoms with Gasteiger partial charge in [-0.05, 0) is 48.0 Å². The van der Waals surface area contributed by atoms with Crippen LogP contribution in [0.3, 0.4) is 0 Å². The van der Waals surface area contributed by atoms with Crippen LogP contribution in [0.1, 0.15) is 31.5 Å². The van der Waals surface area contributed by atoms with Gasteiger partial charge in [0.2, 0.25) is 5.91 Å². The third-order valence-electron chi connectivity index (χ3n) is 5.99. The molecule has 1 unspecified atom stereocenters. The maximum absolute atomic E-state index is 13.5. The third-order valence-corrected chi connectivity index (χ3v) is 8.35. The quantitative estimate of drug-likeness (QED) is 0.149. The Bertz CT molecular complexity index is 1710. The maximum Gasteiger partial charge on any atom is 0.336 e. The zero-order valence-electron chi connectivity index (χ0n) is 21.3. The molecule has 204 valence electrons. The average Bonchev–Trinajstić information content (AvgIpc) is 3.45. The smallest absolute Gasteiger partial charge is 0.336 e. The molecule has 1 atom stereocenters. The molecule has 0 radical (unpaired) electrons. The zero-order valence-corrected chi connectivity index (χ0v) is 23.7. The number of carbonyl (C=O) groups is 3. The number of aromatic nitrogens is 1. The van der Waals surface area contributed by atoms with Gasteiger partial charge in [0.1, 0.15) is 5.25 Å². The Morgan fingerprint density at radius 2 is 1.46 bits per heavy atom. The summed E-state index contributed by atoms with van der Waals surface area (Å²) in [6.07, 6.45) is 0. The largest absolute Gasteiger partial charge is 0.478 e. The molecule has 0 aliphatic rings. The van der Waals surface area contributed by atoms with E-state index >= 15 is 0 Å². The minimum atomic E-state index is -1.18. The first-order chi connectivity index (χ1) is 19.9. The van der Waals surface area contributed by atoms with Crippen molar-refractivity contribution in [1.82, 2.24) is 4.98 Å². The van der Waals surface area contributed by atoms with Gasteiger partial charge in [0.15, 0.2) is 5.13 Å². The van der Waals surface area contributed by atoms with Crippen LogP contribution in [0.15, 0.2) is 113 Å². The number of rotatable bonds is 9. The predicted molar refractivity (Wildman–Crippen MR) is 164 cm³/mol. The summed E-state index contributed by atoms with van der Waals surface area (Å²) in [6, 6.07) is 29.9. The van der Waals surface area contributed by atoms with Gasteiger partial charge >= 0.3 is 5.97 Å². The van der Waals surface area contributed by atoms with E-state index in [9.17, 15) is 19.5 Å². The minimum absolute atomic E-state index is 0.0687. The van der Waals surface area contributed by atoms with Crippen molar-refractivity contribution >= 4 is 63.3 Å². The topological polar surface area (TPSA) is 108 Å². The van der Waals surface area contributed by atoms with Crippen molar-refractivity contribution < 1.29 is 19.5 Å². The first-order valence-corrected chi connectivity index (χ1v) is 14.5. The first kappa shape index (κ1) is 28.1. The molecule has 10 heteroatoms. The molecule has 0 aliphatic carbocycles. The summed E-state index contributed by atoms with van der Waals surface area (Å²) >= 11 is 8.99. The molecule has 41 heavy (non-hydrogen) atoms. The highest BCUT2D eigenvalue weighted by Gasteiger charge is 2.24. The predicted octanol–water partition coefficient (Wildman–Crippen LogP) is 7.89. The summed E-state index contributed by atoms with van der Waals surface area (Å²) in [5.41, 5.74) is 2.78. The fourth-order valence-corrected chi connectivity index (χ4v) is 5.99. The molecule has 0 spiro atoms. The van der Waals surface area contributed by atoms with Gasteiger partial charge in [0, 0.05) is 26.5 Å². The van der Waals surface area contributed by atoms with Crippen LogP contribution in [0, 0.1) is 0 Å². The summed E-state index contributed by atoms with van der Waals surface area (Å²) in [5.74, 6) is -1.93. The SMILES string of the molecule is O=C(O)c1ccccc1C(=O)Nc1ccc(SC(C(=O)Nc2nc(-c3ccccc3Cl)cs2)c2ccccc2)cc1. The molecular formula is C31H22ClN3O4S2. The fraction of sp³-hybridized carbons (Fsp3) is 0.0323. The van der Waals surface area contributed by atoms with Gasteiger partial charge in [-0.25, -0.2) is 9.78 Å². The number of carboxylic acid groups (broad SMARTS) is 1. The van der Waals surface area contributed by atoms with Gasteiger partial charge in [-0.3, -0.25) is 9.59 Å². The Hall–Kier alpha value is -4.44. The summed E-state index contributed by atoms with van der Waals surface area (Å²) in [4.78, 5) is 43.0. The molecule has 0 saturated carbocycles. The number of hydrogen-bond acceptors (Lipinski definition) is 6. The number of thiazole rings is 1. The van der Waals surface area contributed by atoms with Crippen molar-refractivity contribution in [2.75, 3.05) is 10.6 Å². The molecule has 0 fully saturated rings. The average molecular weight is 600 g/mol. The van der Waals surface area contributed by atoms with E-state index in [1.165, 1.54) is 35.2 Å². The second-order valence-electron chi connectivity index (χ2n) is 8.74.